The van der Waals surface area contributed by atoms with E-state index in [0.717, 1.165) is 17.4 Å². The smallest absolute Gasteiger partial charge is 0.277 e. The van der Waals surface area contributed by atoms with Crippen LogP contribution in [0.2, 0.25) is 0 Å². The first-order valence-electron chi connectivity index (χ1n) is 9.00. The molecule has 1 aromatic heterocycles. The van der Waals surface area contributed by atoms with Crippen molar-refractivity contribution in [3.8, 4) is 28.8 Å². The lowest BCUT2D eigenvalue weighted by Gasteiger charge is -2.19. The van der Waals surface area contributed by atoms with Crippen molar-refractivity contribution in [2.75, 3.05) is 20.2 Å². The Kier molecular flexibility index (Phi) is 5.81. The van der Waals surface area contributed by atoms with Crippen LogP contribution in [0.1, 0.15) is 34.1 Å². The monoisotopic (exact) mass is 433 g/mol. The van der Waals surface area contributed by atoms with Gasteiger partial charge in [0.15, 0.2) is 11.1 Å². The number of aliphatic hydroxyl groups is 2. The topological polar surface area (TPSA) is 126 Å². The summed E-state index contributed by atoms with van der Waals surface area (Å²) in [5, 5.41) is 20.7. The summed E-state index contributed by atoms with van der Waals surface area (Å²) in [5.74, 6) is 2.82. The molecule has 1 aromatic carbocycles. The van der Waals surface area contributed by atoms with Crippen LogP contribution in [-0.2, 0) is 10.4 Å². The van der Waals surface area contributed by atoms with Crippen molar-refractivity contribution in [1.29, 1.82) is 0 Å². The molecule has 4 N–H and O–H groups in total. The second-order valence-corrected chi connectivity index (χ2v) is 7.98. The molecule has 2 atom stereocenters. The van der Waals surface area contributed by atoms with Gasteiger partial charge >= 0.3 is 0 Å². The van der Waals surface area contributed by atoms with E-state index in [-0.39, 0.29) is 28.6 Å². The molecule has 158 valence electrons. The van der Waals surface area contributed by atoms with Crippen LogP contribution in [0.5, 0.6) is 5.75 Å². The standard InChI is InChI=1S/C20H20FN3O5S/c1-4-24(3)19(27)13(25)6-5-10-7-11-14(8-12(10)21)29-9-20(2,28)16-15(11)23-18(30-16)17(22)26/h7-8,13,25,28H,4,9H2,1-3H3,(H2,22,26). The Morgan fingerprint density at radius 2 is 2.20 bits per heavy atom. The van der Waals surface area contributed by atoms with Gasteiger partial charge in [0, 0.05) is 25.2 Å². The quantitative estimate of drug-likeness (QED) is 0.616. The highest BCUT2D eigenvalue weighted by Gasteiger charge is 2.36. The zero-order valence-electron chi connectivity index (χ0n) is 16.5. The molecule has 1 aliphatic heterocycles. The molecule has 8 nitrogen and oxygen atoms in total. The Hall–Kier alpha value is -3.00. The third-order valence-electron chi connectivity index (χ3n) is 4.59. The van der Waals surface area contributed by atoms with E-state index in [1.54, 1.807) is 6.92 Å². The van der Waals surface area contributed by atoms with Crippen molar-refractivity contribution in [3.63, 3.8) is 0 Å². The van der Waals surface area contributed by atoms with Crippen molar-refractivity contribution in [2.45, 2.75) is 25.6 Å². The van der Waals surface area contributed by atoms with Gasteiger partial charge in [-0.15, -0.1) is 11.3 Å². The molecule has 1 aliphatic rings. The predicted octanol–water partition coefficient (Wildman–Crippen LogP) is 0.839. The Morgan fingerprint density at radius 1 is 1.50 bits per heavy atom. The SMILES string of the molecule is CCN(C)C(=O)C(O)C#Cc1cc2c(cc1F)OCC(C)(O)c1sc(C(N)=O)nc1-2. The van der Waals surface area contributed by atoms with Gasteiger partial charge in [-0.05, 0) is 19.9 Å². The number of rotatable bonds is 3. The molecule has 0 radical (unpaired) electrons. The number of carbonyl (C=O) groups excluding carboxylic acids is 2. The number of nitrogens with zero attached hydrogens (tertiary/aromatic N) is 2. The fourth-order valence-corrected chi connectivity index (χ4v) is 3.75. The summed E-state index contributed by atoms with van der Waals surface area (Å²) in [7, 11) is 1.51. The summed E-state index contributed by atoms with van der Waals surface area (Å²) >= 11 is 0.930. The number of benzene rings is 1. The first kappa shape index (κ1) is 21.7. The molecule has 0 bridgehead atoms. The van der Waals surface area contributed by atoms with Crippen LogP contribution in [0.3, 0.4) is 0 Å². The molecule has 2 heterocycles. The Bertz CT molecular complexity index is 1090. The van der Waals surface area contributed by atoms with Crippen molar-refractivity contribution >= 4 is 23.2 Å². The second kappa shape index (κ2) is 8.02. The zero-order valence-corrected chi connectivity index (χ0v) is 17.3. The number of halogens is 1. The molecule has 2 amide bonds. The van der Waals surface area contributed by atoms with E-state index >= 15 is 0 Å². The number of likely N-dealkylation sites (N-methyl/N-ethyl adjacent to an activating group) is 1. The van der Waals surface area contributed by atoms with Gasteiger partial charge in [-0.2, -0.15) is 0 Å². The Labute approximate surface area is 176 Å². The number of carbonyl (C=O) groups is 2. The summed E-state index contributed by atoms with van der Waals surface area (Å²) in [6.07, 6.45) is -1.61. The van der Waals surface area contributed by atoms with Crippen LogP contribution in [0.25, 0.3) is 11.3 Å². The van der Waals surface area contributed by atoms with Crippen molar-refractivity contribution in [1.82, 2.24) is 9.88 Å². The minimum Gasteiger partial charge on any atom is -0.489 e. The highest BCUT2D eigenvalue weighted by atomic mass is 32.1. The number of aromatic nitrogens is 1. The van der Waals surface area contributed by atoms with Gasteiger partial charge in [-0.3, -0.25) is 9.59 Å². The molecule has 30 heavy (non-hydrogen) atoms. The van der Waals surface area contributed by atoms with E-state index in [4.69, 9.17) is 10.5 Å². The van der Waals surface area contributed by atoms with Gasteiger partial charge in [-0.25, -0.2) is 9.37 Å². The molecular weight excluding hydrogens is 413 g/mol. The van der Waals surface area contributed by atoms with E-state index in [9.17, 15) is 24.2 Å². The van der Waals surface area contributed by atoms with Crippen LogP contribution >= 0.6 is 11.3 Å². The molecule has 0 fully saturated rings. The largest absolute Gasteiger partial charge is 0.489 e. The first-order valence-corrected chi connectivity index (χ1v) is 9.81. The average molecular weight is 433 g/mol. The lowest BCUT2D eigenvalue weighted by molar-refractivity contribution is -0.135. The summed E-state index contributed by atoms with van der Waals surface area (Å²) in [6, 6.07) is 2.42. The number of nitrogens with two attached hydrogens (primary N) is 1. The first-order chi connectivity index (χ1) is 14.0. The number of primary amides is 1. The van der Waals surface area contributed by atoms with Crippen LogP contribution < -0.4 is 10.5 Å². The van der Waals surface area contributed by atoms with Gasteiger partial charge in [0.25, 0.3) is 11.8 Å². The van der Waals surface area contributed by atoms with Crippen LogP contribution in [0.15, 0.2) is 12.1 Å². The fourth-order valence-electron chi connectivity index (χ4n) is 2.78. The van der Waals surface area contributed by atoms with Gasteiger partial charge in [0.2, 0.25) is 0 Å². The third kappa shape index (κ3) is 4.00. The number of aliphatic hydroxyl groups excluding tert-OH is 1. The summed E-state index contributed by atoms with van der Waals surface area (Å²) in [4.78, 5) is 29.4. The fraction of sp³-hybridized carbons (Fsp3) is 0.350. The number of fused-ring (bicyclic) bond motifs is 3. The van der Waals surface area contributed by atoms with Crippen molar-refractivity contribution < 1.29 is 28.9 Å². The minimum absolute atomic E-state index is 0.00583. The lowest BCUT2D eigenvalue weighted by Crippen LogP contribution is -2.35. The number of ether oxygens (including phenoxy) is 1. The minimum atomic E-state index is -1.61. The van der Waals surface area contributed by atoms with Crippen LogP contribution in [0.4, 0.5) is 4.39 Å². The van der Waals surface area contributed by atoms with E-state index in [1.807, 2.05) is 0 Å². The molecule has 0 saturated carbocycles. The summed E-state index contributed by atoms with van der Waals surface area (Å²) in [6.45, 7) is 3.43. The number of hydrogen-bond donors (Lipinski definition) is 3. The molecule has 2 aromatic rings. The number of hydrogen-bond acceptors (Lipinski definition) is 7. The van der Waals surface area contributed by atoms with Crippen LogP contribution in [0, 0.1) is 17.7 Å². The molecule has 0 spiro atoms. The lowest BCUT2D eigenvalue weighted by atomic mass is 10.0. The highest BCUT2D eigenvalue weighted by molar-refractivity contribution is 7.14. The van der Waals surface area contributed by atoms with E-state index in [1.165, 1.54) is 24.9 Å². The predicted molar refractivity (Wildman–Crippen MR) is 107 cm³/mol. The van der Waals surface area contributed by atoms with Gasteiger partial charge in [0.05, 0.1) is 16.1 Å². The molecule has 2 unspecified atom stereocenters. The Morgan fingerprint density at radius 3 is 2.83 bits per heavy atom. The van der Waals surface area contributed by atoms with E-state index in [0.29, 0.717) is 17.0 Å². The van der Waals surface area contributed by atoms with E-state index in [2.05, 4.69) is 16.8 Å². The molecule has 0 aliphatic carbocycles. The molecule has 10 heteroatoms. The maximum absolute atomic E-state index is 14.6. The molecular formula is C20H20FN3O5S. The third-order valence-corrected chi connectivity index (χ3v) is 5.91. The van der Waals surface area contributed by atoms with Gasteiger partial charge in [-0.1, -0.05) is 11.8 Å². The second-order valence-electron chi connectivity index (χ2n) is 6.98. The maximum atomic E-state index is 14.6. The normalized spacial score (nSPS) is 18.1. The van der Waals surface area contributed by atoms with Gasteiger partial charge < -0.3 is 25.6 Å². The number of amides is 2. The summed E-state index contributed by atoms with van der Waals surface area (Å²) in [5.41, 5.74) is 4.28. The molecule has 3 rings (SSSR count). The maximum Gasteiger partial charge on any atom is 0.277 e. The zero-order chi connectivity index (χ0) is 22.2. The van der Waals surface area contributed by atoms with E-state index < -0.39 is 29.3 Å². The summed E-state index contributed by atoms with van der Waals surface area (Å²) < 4.78 is 20.1. The Balaban J connectivity index is 2.09. The molecule has 0 saturated heterocycles. The van der Waals surface area contributed by atoms with Crippen molar-refractivity contribution in [3.05, 3.63) is 33.4 Å². The average Bonchev–Trinajstić information content (AvgIpc) is 3.13. The van der Waals surface area contributed by atoms with Crippen LogP contribution in [-0.4, -0.2) is 58.2 Å². The highest BCUT2D eigenvalue weighted by Crippen LogP contribution is 2.44. The van der Waals surface area contributed by atoms with Crippen molar-refractivity contribution in [2.24, 2.45) is 5.73 Å². The van der Waals surface area contributed by atoms with Gasteiger partial charge in [0.1, 0.15) is 23.8 Å². The number of thiazole rings is 1.